The molecule has 4 heterocycles. The standard InChI is InChI=1S/C19H19N7O3S/c1-2-21-18(27)26-19-24-14-5-13(12-7-22-15(6-20)23-8-12)16(25-17(14)30-19)29-10-11-3-4-28-9-11/h5,7-8,11H,2-4,9-10H2,1H3,(H2,21,24,26,27). The van der Waals surface area contributed by atoms with Crippen LogP contribution in [-0.4, -0.2) is 52.3 Å². The van der Waals surface area contributed by atoms with Crippen molar-refractivity contribution < 1.29 is 14.3 Å². The Hall–Kier alpha value is -3.36. The maximum atomic E-state index is 11.8. The molecule has 4 rings (SSSR count). The number of carbonyl (C=O) groups excluding carboxylic acids is 1. The van der Waals surface area contributed by atoms with E-state index in [0.717, 1.165) is 13.0 Å². The van der Waals surface area contributed by atoms with Gasteiger partial charge in [0.25, 0.3) is 0 Å². The maximum absolute atomic E-state index is 11.8. The zero-order valence-electron chi connectivity index (χ0n) is 16.2. The number of fused-ring (bicyclic) bond motifs is 1. The highest BCUT2D eigenvalue weighted by atomic mass is 32.1. The number of ether oxygens (including phenoxy) is 2. The average molecular weight is 425 g/mol. The molecule has 0 aliphatic carbocycles. The number of nitrogens with zero attached hydrogens (tertiary/aromatic N) is 5. The van der Waals surface area contributed by atoms with Gasteiger partial charge in [-0.15, -0.1) is 0 Å². The van der Waals surface area contributed by atoms with E-state index in [2.05, 4.69) is 30.6 Å². The Bertz CT molecular complexity index is 1090. The van der Waals surface area contributed by atoms with Gasteiger partial charge in [-0.3, -0.25) is 5.32 Å². The number of rotatable bonds is 6. The fraction of sp³-hybridized carbons (Fsp3) is 0.368. The summed E-state index contributed by atoms with van der Waals surface area (Å²) in [5, 5.41) is 14.7. The Morgan fingerprint density at radius 3 is 2.93 bits per heavy atom. The molecule has 0 radical (unpaired) electrons. The van der Waals surface area contributed by atoms with Crippen LogP contribution in [0, 0.1) is 17.2 Å². The molecule has 11 heteroatoms. The van der Waals surface area contributed by atoms with Crippen molar-refractivity contribution in [2.45, 2.75) is 13.3 Å². The number of urea groups is 1. The smallest absolute Gasteiger partial charge is 0.321 e. The largest absolute Gasteiger partial charge is 0.477 e. The Labute approximate surface area is 176 Å². The number of hydrogen-bond donors (Lipinski definition) is 2. The van der Waals surface area contributed by atoms with E-state index in [0.29, 0.717) is 58.2 Å². The minimum Gasteiger partial charge on any atom is -0.477 e. The molecule has 30 heavy (non-hydrogen) atoms. The first-order chi connectivity index (χ1) is 14.7. The third-order valence-corrected chi connectivity index (χ3v) is 5.33. The number of amides is 2. The molecule has 1 aliphatic rings. The minimum atomic E-state index is -0.324. The van der Waals surface area contributed by atoms with Crippen molar-refractivity contribution in [3.63, 3.8) is 0 Å². The van der Waals surface area contributed by atoms with Crippen LogP contribution in [0.1, 0.15) is 19.2 Å². The molecule has 1 saturated heterocycles. The molecule has 154 valence electrons. The van der Waals surface area contributed by atoms with Crippen LogP contribution >= 0.6 is 11.3 Å². The summed E-state index contributed by atoms with van der Waals surface area (Å²) < 4.78 is 11.4. The van der Waals surface area contributed by atoms with E-state index >= 15 is 0 Å². The fourth-order valence-corrected chi connectivity index (χ4v) is 3.77. The van der Waals surface area contributed by atoms with E-state index in [1.807, 2.05) is 19.1 Å². The maximum Gasteiger partial charge on any atom is 0.321 e. The van der Waals surface area contributed by atoms with E-state index in [1.165, 1.54) is 11.3 Å². The lowest BCUT2D eigenvalue weighted by atomic mass is 10.1. The lowest BCUT2D eigenvalue weighted by molar-refractivity contribution is 0.166. The van der Waals surface area contributed by atoms with Crippen molar-refractivity contribution in [1.82, 2.24) is 25.3 Å². The van der Waals surface area contributed by atoms with Gasteiger partial charge >= 0.3 is 6.03 Å². The van der Waals surface area contributed by atoms with Gasteiger partial charge < -0.3 is 14.8 Å². The summed E-state index contributed by atoms with van der Waals surface area (Å²) in [6.07, 6.45) is 4.05. The molecule has 10 nitrogen and oxygen atoms in total. The lowest BCUT2D eigenvalue weighted by Crippen LogP contribution is -2.28. The predicted octanol–water partition coefficient (Wildman–Crippen LogP) is 2.58. The number of aromatic nitrogens is 4. The average Bonchev–Trinajstić information content (AvgIpc) is 3.40. The Balaban J connectivity index is 1.68. The Morgan fingerprint density at radius 2 is 2.23 bits per heavy atom. The summed E-state index contributed by atoms with van der Waals surface area (Å²) in [4.78, 5) is 29.6. The summed E-state index contributed by atoms with van der Waals surface area (Å²) in [6, 6.07) is 3.41. The number of pyridine rings is 1. The van der Waals surface area contributed by atoms with Gasteiger partial charge in [-0.25, -0.2) is 24.7 Å². The molecule has 0 bridgehead atoms. The van der Waals surface area contributed by atoms with Gasteiger partial charge in [-0.1, -0.05) is 11.3 Å². The summed E-state index contributed by atoms with van der Waals surface area (Å²) in [6.45, 7) is 4.23. The van der Waals surface area contributed by atoms with Gasteiger partial charge in [0.15, 0.2) is 5.13 Å². The topological polar surface area (TPSA) is 135 Å². The number of thiazole rings is 1. The molecule has 3 aromatic heterocycles. The third-order valence-electron chi connectivity index (χ3n) is 4.45. The van der Waals surface area contributed by atoms with E-state index in [1.54, 1.807) is 12.4 Å². The van der Waals surface area contributed by atoms with Crippen LogP contribution < -0.4 is 15.4 Å². The second kappa shape index (κ2) is 8.98. The first kappa shape index (κ1) is 19.9. The highest BCUT2D eigenvalue weighted by Gasteiger charge is 2.20. The summed E-state index contributed by atoms with van der Waals surface area (Å²) in [5.74, 6) is 0.820. The normalized spacial score (nSPS) is 15.7. The second-order valence-electron chi connectivity index (χ2n) is 6.62. The van der Waals surface area contributed by atoms with Gasteiger partial charge in [0.05, 0.1) is 13.2 Å². The molecule has 3 aromatic rings. The molecule has 1 aliphatic heterocycles. The highest BCUT2D eigenvalue weighted by molar-refractivity contribution is 7.22. The summed E-state index contributed by atoms with van der Waals surface area (Å²) >= 11 is 1.26. The molecule has 2 N–H and O–H groups in total. The monoisotopic (exact) mass is 425 g/mol. The molecule has 1 fully saturated rings. The van der Waals surface area contributed by atoms with Crippen molar-refractivity contribution in [2.75, 3.05) is 31.7 Å². The molecule has 2 amide bonds. The Morgan fingerprint density at radius 1 is 1.40 bits per heavy atom. The van der Waals surface area contributed by atoms with Crippen molar-refractivity contribution in [2.24, 2.45) is 5.92 Å². The third kappa shape index (κ3) is 4.45. The number of carbonyl (C=O) groups is 1. The van der Waals surface area contributed by atoms with Gasteiger partial charge in [-0.05, 0) is 19.4 Å². The van der Waals surface area contributed by atoms with Crippen molar-refractivity contribution in [3.8, 4) is 23.1 Å². The van der Waals surface area contributed by atoms with Gasteiger partial charge in [0.1, 0.15) is 16.4 Å². The number of hydrogen-bond acceptors (Lipinski definition) is 9. The predicted molar refractivity (Wildman–Crippen MR) is 110 cm³/mol. The first-order valence-corrected chi connectivity index (χ1v) is 10.3. The SMILES string of the molecule is CCNC(=O)Nc1nc2cc(-c3cnc(C#N)nc3)c(OCC3CCOC3)nc2s1. The molecule has 0 spiro atoms. The quantitative estimate of drug-likeness (QED) is 0.615. The molecule has 0 aromatic carbocycles. The summed E-state index contributed by atoms with van der Waals surface area (Å²) in [7, 11) is 0. The molecule has 0 saturated carbocycles. The van der Waals surface area contributed by atoms with E-state index in [4.69, 9.17) is 14.7 Å². The second-order valence-corrected chi connectivity index (χ2v) is 7.59. The van der Waals surface area contributed by atoms with E-state index in [9.17, 15) is 4.79 Å². The number of nitriles is 1. The van der Waals surface area contributed by atoms with Crippen LogP contribution in [0.3, 0.4) is 0 Å². The molecular weight excluding hydrogens is 406 g/mol. The summed E-state index contributed by atoms with van der Waals surface area (Å²) in [5.41, 5.74) is 1.94. The Kier molecular flexibility index (Phi) is 5.97. The van der Waals surface area contributed by atoms with Crippen LogP contribution in [0.2, 0.25) is 0 Å². The number of nitrogens with one attached hydrogen (secondary N) is 2. The van der Waals surface area contributed by atoms with Crippen LogP contribution in [0.5, 0.6) is 5.88 Å². The van der Waals surface area contributed by atoms with Gasteiger partial charge in [-0.2, -0.15) is 5.26 Å². The van der Waals surface area contributed by atoms with Crippen LogP contribution in [-0.2, 0) is 4.74 Å². The van der Waals surface area contributed by atoms with Crippen LogP contribution in [0.25, 0.3) is 21.5 Å². The first-order valence-electron chi connectivity index (χ1n) is 9.45. The van der Waals surface area contributed by atoms with Crippen LogP contribution in [0.15, 0.2) is 18.5 Å². The zero-order valence-corrected chi connectivity index (χ0v) is 17.0. The van der Waals surface area contributed by atoms with Crippen LogP contribution in [0.4, 0.5) is 9.93 Å². The molecule has 1 atom stereocenters. The van der Waals surface area contributed by atoms with E-state index < -0.39 is 0 Å². The minimum absolute atomic E-state index is 0.0837. The van der Waals surface area contributed by atoms with Crippen molar-refractivity contribution >= 4 is 32.8 Å². The molecule has 1 unspecified atom stereocenters. The number of anilines is 1. The fourth-order valence-electron chi connectivity index (χ4n) is 2.96. The molecular formula is C19H19N7O3S. The highest BCUT2D eigenvalue weighted by Crippen LogP contribution is 2.35. The van der Waals surface area contributed by atoms with Gasteiger partial charge in [0.2, 0.25) is 11.7 Å². The van der Waals surface area contributed by atoms with Crippen molar-refractivity contribution in [1.29, 1.82) is 5.26 Å². The van der Waals surface area contributed by atoms with Gasteiger partial charge in [0, 0.05) is 42.6 Å². The van der Waals surface area contributed by atoms with E-state index in [-0.39, 0.29) is 11.9 Å². The zero-order chi connectivity index (χ0) is 20.9. The van der Waals surface area contributed by atoms with Crippen molar-refractivity contribution in [3.05, 3.63) is 24.3 Å². The lowest BCUT2D eigenvalue weighted by Gasteiger charge is -2.13.